The fourth-order valence-electron chi connectivity index (χ4n) is 3.26. The molecule has 1 saturated heterocycles. The zero-order valence-corrected chi connectivity index (χ0v) is 19.4. The van der Waals surface area contributed by atoms with E-state index in [2.05, 4.69) is 27.4 Å². The molecule has 154 valence electrons. The molecule has 7 heteroatoms. The van der Waals surface area contributed by atoms with Crippen LogP contribution in [0.25, 0.3) is 0 Å². The van der Waals surface area contributed by atoms with Crippen LogP contribution in [-0.4, -0.2) is 63.8 Å². The van der Waals surface area contributed by atoms with Gasteiger partial charge in [-0.1, -0.05) is 13.0 Å². The fraction of sp³-hybridized carbons (Fsp3) is 0.650. The van der Waals surface area contributed by atoms with E-state index in [1.54, 1.807) is 7.11 Å². The molecule has 6 nitrogen and oxygen atoms in total. The van der Waals surface area contributed by atoms with Gasteiger partial charge in [0.05, 0.1) is 13.7 Å². The number of piperidine rings is 1. The number of halogens is 1. The van der Waals surface area contributed by atoms with E-state index in [0.29, 0.717) is 12.5 Å². The van der Waals surface area contributed by atoms with Crippen LogP contribution in [0.4, 0.5) is 0 Å². The highest BCUT2D eigenvalue weighted by Crippen LogP contribution is 2.19. The molecule has 0 amide bonds. The zero-order valence-electron chi connectivity index (χ0n) is 17.0. The highest BCUT2D eigenvalue weighted by molar-refractivity contribution is 14.0. The van der Waals surface area contributed by atoms with Crippen molar-refractivity contribution in [2.24, 2.45) is 10.9 Å². The summed E-state index contributed by atoms with van der Waals surface area (Å²) in [6.07, 6.45) is 2.60. The minimum Gasteiger partial charge on any atom is -0.497 e. The van der Waals surface area contributed by atoms with Gasteiger partial charge in [0.2, 0.25) is 0 Å². The van der Waals surface area contributed by atoms with Crippen LogP contribution in [0.1, 0.15) is 26.7 Å². The van der Waals surface area contributed by atoms with Crippen molar-refractivity contribution in [1.82, 2.24) is 15.5 Å². The van der Waals surface area contributed by atoms with Gasteiger partial charge in [-0.05, 0) is 50.9 Å². The van der Waals surface area contributed by atoms with Crippen molar-refractivity contribution in [3.8, 4) is 11.5 Å². The Morgan fingerprint density at radius 1 is 1.33 bits per heavy atom. The van der Waals surface area contributed by atoms with E-state index in [1.165, 1.54) is 25.9 Å². The molecule has 0 aromatic heterocycles. The van der Waals surface area contributed by atoms with Crippen molar-refractivity contribution in [2.75, 3.05) is 46.9 Å². The van der Waals surface area contributed by atoms with Crippen molar-refractivity contribution in [3.05, 3.63) is 24.3 Å². The molecular formula is C20H35IN4O2. The van der Waals surface area contributed by atoms with E-state index in [-0.39, 0.29) is 30.1 Å². The number of hydrogen-bond donors (Lipinski definition) is 2. The third kappa shape index (κ3) is 8.55. The molecule has 1 aromatic carbocycles. The molecule has 1 aliphatic rings. The van der Waals surface area contributed by atoms with Crippen LogP contribution < -0.4 is 20.1 Å². The summed E-state index contributed by atoms with van der Waals surface area (Å²) in [5.41, 5.74) is 0. The minimum atomic E-state index is 0. The summed E-state index contributed by atoms with van der Waals surface area (Å²) in [6, 6.07) is 7.67. The standard InChI is InChI=1S/C20H34N4O2.HI/c1-5-24-11-7-8-17(15-24)14-23-20(21-3)22-13-16(2)26-19-10-6-9-18(12-19)25-4;/h6,9-10,12,16-17H,5,7-8,11,13-15H2,1-4H3,(H2,21,22,23);1H. The minimum absolute atomic E-state index is 0. The molecular weight excluding hydrogens is 455 g/mol. The summed E-state index contributed by atoms with van der Waals surface area (Å²) in [4.78, 5) is 6.85. The predicted molar refractivity (Wildman–Crippen MR) is 123 cm³/mol. The Morgan fingerprint density at radius 2 is 2.11 bits per heavy atom. The third-order valence-corrected chi connectivity index (χ3v) is 4.77. The maximum absolute atomic E-state index is 5.94. The average Bonchev–Trinajstić information content (AvgIpc) is 2.68. The smallest absolute Gasteiger partial charge is 0.191 e. The molecule has 1 fully saturated rings. The Hall–Kier alpha value is -1.22. The molecule has 2 N–H and O–H groups in total. The summed E-state index contributed by atoms with van der Waals surface area (Å²) in [5.74, 6) is 3.13. The number of guanidine groups is 1. The quantitative estimate of drug-likeness (QED) is 0.334. The first kappa shape index (κ1) is 23.8. The molecule has 0 saturated carbocycles. The molecule has 0 aliphatic carbocycles. The second-order valence-corrected chi connectivity index (χ2v) is 6.84. The Kier molecular flexibility index (Phi) is 11.5. The molecule has 1 aliphatic heterocycles. The summed E-state index contributed by atoms with van der Waals surface area (Å²) in [5, 5.41) is 6.81. The molecule has 2 atom stereocenters. The zero-order chi connectivity index (χ0) is 18.8. The number of nitrogens with one attached hydrogen (secondary N) is 2. The number of aliphatic imine (C=N–C) groups is 1. The summed E-state index contributed by atoms with van der Waals surface area (Å²) < 4.78 is 11.2. The average molecular weight is 490 g/mol. The van der Waals surface area contributed by atoms with Gasteiger partial charge in [0, 0.05) is 26.2 Å². The first-order valence-corrected chi connectivity index (χ1v) is 9.62. The van der Waals surface area contributed by atoms with Gasteiger partial charge in [-0.3, -0.25) is 4.99 Å². The number of nitrogens with zero attached hydrogens (tertiary/aromatic N) is 2. The number of likely N-dealkylation sites (tertiary alicyclic amines) is 1. The molecule has 2 rings (SSSR count). The van der Waals surface area contributed by atoms with Crippen LogP contribution in [0.3, 0.4) is 0 Å². The molecule has 0 radical (unpaired) electrons. The van der Waals surface area contributed by atoms with Gasteiger partial charge in [0.1, 0.15) is 17.6 Å². The predicted octanol–water partition coefficient (Wildman–Crippen LogP) is 2.98. The first-order valence-electron chi connectivity index (χ1n) is 9.62. The Labute approximate surface area is 181 Å². The normalized spacial score (nSPS) is 19.0. The monoisotopic (exact) mass is 490 g/mol. The van der Waals surface area contributed by atoms with Gasteiger partial charge >= 0.3 is 0 Å². The van der Waals surface area contributed by atoms with Crippen molar-refractivity contribution in [3.63, 3.8) is 0 Å². The van der Waals surface area contributed by atoms with E-state index < -0.39 is 0 Å². The van der Waals surface area contributed by atoms with E-state index >= 15 is 0 Å². The van der Waals surface area contributed by atoms with Crippen molar-refractivity contribution in [1.29, 1.82) is 0 Å². The maximum atomic E-state index is 5.94. The lowest BCUT2D eigenvalue weighted by Crippen LogP contribution is -2.46. The Balaban J connectivity index is 0.00000364. The highest BCUT2D eigenvalue weighted by Gasteiger charge is 2.18. The molecule has 2 unspecified atom stereocenters. The SMILES string of the molecule is CCN1CCCC(CNC(=NC)NCC(C)Oc2cccc(OC)c2)C1.I. The number of benzene rings is 1. The summed E-state index contributed by atoms with van der Waals surface area (Å²) in [7, 11) is 3.47. The number of hydrogen-bond acceptors (Lipinski definition) is 4. The largest absolute Gasteiger partial charge is 0.497 e. The maximum Gasteiger partial charge on any atom is 0.191 e. The van der Waals surface area contributed by atoms with Crippen molar-refractivity contribution in [2.45, 2.75) is 32.8 Å². The lowest BCUT2D eigenvalue weighted by atomic mass is 9.98. The highest BCUT2D eigenvalue weighted by atomic mass is 127. The van der Waals surface area contributed by atoms with Gasteiger partial charge in [-0.15, -0.1) is 24.0 Å². The van der Waals surface area contributed by atoms with E-state index in [4.69, 9.17) is 9.47 Å². The van der Waals surface area contributed by atoms with Gasteiger partial charge in [0.15, 0.2) is 5.96 Å². The van der Waals surface area contributed by atoms with Gasteiger partial charge in [-0.25, -0.2) is 0 Å². The fourth-order valence-corrected chi connectivity index (χ4v) is 3.26. The number of methoxy groups -OCH3 is 1. The second-order valence-electron chi connectivity index (χ2n) is 6.84. The van der Waals surface area contributed by atoms with Gasteiger partial charge < -0.3 is 25.0 Å². The van der Waals surface area contributed by atoms with E-state index in [0.717, 1.165) is 30.5 Å². The molecule has 0 spiro atoms. The molecule has 1 heterocycles. The topological polar surface area (TPSA) is 58.1 Å². The van der Waals surface area contributed by atoms with Crippen LogP contribution in [0.2, 0.25) is 0 Å². The van der Waals surface area contributed by atoms with Crippen LogP contribution in [-0.2, 0) is 0 Å². The van der Waals surface area contributed by atoms with Gasteiger partial charge in [0.25, 0.3) is 0 Å². The third-order valence-electron chi connectivity index (χ3n) is 4.77. The van der Waals surface area contributed by atoms with Gasteiger partial charge in [-0.2, -0.15) is 0 Å². The van der Waals surface area contributed by atoms with Crippen molar-refractivity contribution < 1.29 is 9.47 Å². The molecule has 27 heavy (non-hydrogen) atoms. The second kappa shape index (κ2) is 13.0. The Bertz CT molecular complexity index is 571. The van der Waals surface area contributed by atoms with E-state index in [1.807, 2.05) is 38.2 Å². The van der Waals surface area contributed by atoms with Crippen LogP contribution >= 0.6 is 24.0 Å². The van der Waals surface area contributed by atoms with Crippen molar-refractivity contribution >= 4 is 29.9 Å². The lowest BCUT2D eigenvalue weighted by Gasteiger charge is -2.32. The molecule has 0 bridgehead atoms. The molecule has 1 aromatic rings. The van der Waals surface area contributed by atoms with Crippen LogP contribution in [0, 0.1) is 5.92 Å². The summed E-state index contributed by atoms with van der Waals surface area (Å²) in [6.45, 7) is 9.47. The van der Waals surface area contributed by atoms with E-state index in [9.17, 15) is 0 Å². The summed E-state index contributed by atoms with van der Waals surface area (Å²) >= 11 is 0. The Morgan fingerprint density at radius 3 is 2.81 bits per heavy atom. The van der Waals surface area contributed by atoms with Crippen LogP contribution in [0.5, 0.6) is 11.5 Å². The lowest BCUT2D eigenvalue weighted by molar-refractivity contribution is 0.183. The van der Waals surface area contributed by atoms with Crippen LogP contribution in [0.15, 0.2) is 29.3 Å². The number of ether oxygens (including phenoxy) is 2. The first-order chi connectivity index (χ1) is 12.6. The number of rotatable bonds is 8.